The van der Waals surface area contributed by atoms with E-state index >= 15 is 0 Å². The lowest BCUT2D eigenvalue weighted by Gasteiger charge is -2.22. The number of nitrogens with zero attached hydrogens (tertiary/aromatic N) is 3. The Kier molecular flexibility index (Phi) is 5.07. The van der Waals surface area contributed by atoms with Crippen LogP contribution in [0.2, 0.25) is 0 Å². The minimum absolute atomic E-state index is 0.161. The van der Waals surface area contributed by atoms with Gasteiger partial charge in [0, 0.05) is 24.9 Å². The van der Waals surface area contributed by atoms with Crippen LogP contribution < -0.4 is 4.74 Å². The van der Waals surface area contributed by atoms with Gasteiger partial charge in [0.1, 0.15) is 5.69 Å². The van der Waals surface area contributed by atoms with Gasteiger partial charge >= 0.3 is 0 Å². The monoisotopic (exact) mass is 373 g/mol. The molecule has 0 N–H and O–H groups in total. The maximum absolute atomic E-state index is 6.26. The lowest BCUT2D eigenvalue weighted by molar-refractivity contribution is 0.196. The van der Waals surface area contributed by atoms with Crippen LogP contribution in [0.1, 0.15) is 43.2 Å². The van der Waals surface area contributed by atoms with Gasteiger partial charge in [-0.3, -0.25) is 0 Å². The highest BCUT2D eigenvalue weighted by Crippen LogP contribution is 2.41. The first-order valence-electron chi connectivity index (χ1n) is 8.97. The molecule has 0 aromatic carbocycles. The fourth-order valence-corrected chi connectivity index (χ4v) is 4.89. The molecule has 4 rings (SSSR count). The quantitative estimate of drug-likeness (QED) is 0.763. The minimum Gasteiger partial charge on any atom is -0.459 e. The summed E-state index contributed by atoms with van der Waals surface area (Å²) < 4.78 is 15.3. The van der Waals surface area contributed by atoms with Gasteiger partial charge in [0.25, 0.3) is 5.88 Å². The molecule has 0 amide bonds. The molecule has 2 aliphatic rings. The molecule has 4 heterocycles. The third kappa shape index (κ3) is 3.74. The van der Waals surface area contributed by atoms with Crippen LogP contribution >= 0.6 is 23.1 Å². The van der Waals surface area contributed by atoms with E-state index in [0.29, 0.717) is 23.6 Å². The van der Waals surface area contributed by atoms with E-state index < -0.39 is 0 Å². The summed E-state index contributed by atoms with van der Waals surface area (Å²) in [7, 11) is 0. The fourth-order valence-electron chi connectivity index (χ4n) is 3.76. The second-order valence-corrected chi connectivity index (χ2v) is 8.73. The van der Waals surface area contributed by atoms with E-state index in [-0.39, 0.29) is 6.10 Å². The third-order valence-electron chi connectivity index (χ3n) is 5.10. The zero-order valence-electron chi connectivity index (χ0n) is 14.6. The lowest BCUT2D eigenvalue weighted by atomic mass is 9.89. The van der Waals surface area contributed by atoms with Gasteiger partial charge in [-0.15, -0.1) is 15.7 Å². The molecule has 4 nitrogen and oxygen atoms in total. The van der Waals surface area contributed by atoms with Crippen molar-refractivity contribution in [3.05, 3.63) is 28.1 Å². The average Bonchev–Trinajstić information content (AvgIpc) is 3.32. The maximum atomic E-state index is 6.26. The first kappa shape index (κ1) is 17.0. The Hall–Kier alpha value is -1.42. The normalized spacial score (nSPS) is 26.3. The van der Waals surface area contributed by atoms with Gasteiger partial charge in [-0.05, 0) is 36.8 Å². The Morgan fingerprint density at radius 2 is 2.24 bits per heavy atom. The summed E-state index contributed by atoms with van der Waals surface area (Å²) >= 11 is 2.93. The molecule has 0 spiro atoms. The standard InChI is InChI=1S/C19H23N3OS2/c1-13(2)17(8-7-15-6-4-10-24-15)23-19-18(20-25-21-19)16-12-22-9-3-5-14(16)11-22/h4,6,10,13-14,16-17H,3,5,9,11-12H2,1-2H3/t14-,16+,17?/m1/s1. The molecular formula is C19H23N3OS2. The van der Waals surface area contributed by atoms with Gasteiger partial charge in [0.15, 0.2) is 6.10 Å². The smallest absolute Gasteiger partial charge is 0.250 e. The van der Waals surface area contributed by atoms with Crippen LogP contribution in [0.3, 0.4) is 0 Å². The van der Waals surface area contributed by atoms with E-state index in [1.807, 2.05) is 17.5 Å². The highest BCUT2D eigenvalue weighted by Gasteiger charge is 2.39. The summed E-state index contributed by atoms with van der Waals surface area (Å²) in [5.74, 6) is 8.70. The molecule has 2 bridgehead atoms. The van der Waals surface area contributed by atoms with Crippen molar-refractivity contribution in [3.63, 3.8) is 0 Å². The van der Waals surface area contributed by atoms with Crippen LogP contribution in [0.5, 0.6) is 5.88 Å². The van der Waals surface area contributed by atoms with Crippen molar-refractivity contribution in [2.75, 3.05) is 19.6 Å². The van der Waals surface area contributed by atoms with Gasteiger partial charge in [-0.2, -0.15) is 4.37 Å². The molecule has 2 saturated heterocycles. The number of aromatic nitrogens is 2. The molecule has 2 fully saturated rings. The first-order valence-corrected chi connectivity index (χ1v) is 10.6. The summed E-state index contributed by atoms with van der Waals surface area (Å²) in [6, 6.07) is 4.06. The second kappa shape index (κ2) is 7.45. The highest BCUT2D eigenvalue weighted by molar-refractivity contribution is 7.10. The van der Waals surface area contributed by atoms with Crippen molar-refractivity contribution in [1.29, 1.82) is 0 Å². The topological polar surface area (TPSA) is 38.3 Å². The van der Waals surface area contributed by atoms with E-state index in [1.165, 1.54) is 37.7 Å². The van der Waals surface area contributed by atoms with Crippen molar-refractivity contribution in [3.8, 4) is 17.7 Å². The third-order valence-corrected chi connectivity index (χ3v) is 6.41. The zero-order chi connectivity index (χ0) is 17.2. The van der Waals surface area contributed by atoms with Crippen LogP contribution in [0.25, 0.3) is 0 Å². The number of hydrogen-bond acceptors (Lipinski definition) is 6. The molecule has 2 aromatic rings. The van der Waals surface area contributed by atoms with Crippen molar-refractivity contribution in [1.82, 2.24) is 13.6 Å². The second-order valence-electron chi connectivity index (χ2n) is 7.25. The van der Waals surface area contributed by atoms with Crippen molar-refractivity contribution >= 4 is 23.1 Å². The van der Waals surface area contributed by atoms with E-state index in [0.717, 1.165) is 17.1 Å². The van der Waals surface area contributed by atoms with E-state index in [9.17, 15) is 0 Å². The summed E-state index contributed by atoms with van der Waals surface area (Å²) in [5, 5.41) is 2.05. The molecule has 4 atom stereocenters. The van der Waals surface area contributed by atoms with Crippen LogP contribution in [-0.4, -0.2) is 39.4 Å². The molecule has 2 aromatic heterocycles. The van der Waals surface area contributed by atoms with Gasteiger partial charge < -0.3 is 9.64 Å². The van der Waals surface area contributed by atoms with Crippen LogP contribution in [-0.2, 0) is 0 Å². The largest absolute Gasteiger partial charge is 0.459 e. The minimum atomic E-state index is -0.161. The molecule has 0 aliphatic carbocycles. The summed E-state index contributed by atoms with van der Waals surface area (Å²) in [4.78, 5) is 3.63. The number of piperidine rings is 1. The zero-order valence-corrected chi connectivity index (χ0v) is 16.3. The average molecular weight is 374 g/mol. The van der Waals surface area contributed by atoms with E-state index in [1.54, 1.807) is 11.3 Å². The maximum Gasteiger partial charge on any atom is 0.250 e. The highest BCUT2D eigenvalue weighted by atomic mass is 32.1. The van der Waals surface area contributed by atoms with Gasteiger partial charge in [0.2, 0.25) is 0 Å². The Balaban J connectivity index is 1.53. The Morgan fingerprint density at radius 1 is 1.32 bits per heavy atom. The predicted octanol–water partition coefficient (Wildman–Crippen LogP) is 3.86. The van der Waals surface area contributed by atoms with Crippen molar-refractivity contribution in [2.45, 2.75) is 38.7 Å². The van der Waals surface area contributed by atoms with Crippen LogP contribution in [0.4, 0.5) is 0 Å². The number of ether oxygens (including phenoxy) is 1. The molecule has 2 aliphatic heterocycles. The molecule has 2 unspecified atom stereocenters. The Morgan fingerprint density at radius 3 is 3.00 bits per heavy atom. The fraction of sp³-hybridized carbons (Fsp3) is 0.579. The van der Waals surface area contributed by atoms with E-state index in [4.69, 9.17) is 4.74 Å². The Bertz CT molecular complexity index is 759. The number of thiophene rings is 1. The van der Waals surface area contributed by atoms with Gasteiger partial charge in [0.05, 0.1) is 16.6 Å². The van der Waals surface area contributed by atoms with Gasteiger partial charge in [-0.1, -0.05) is 31.8 Å². The molecule has 0 saturated carbocycles. The van der Waals surface area contributed by atoms with Crippen molar-refractivity contribution < 1.29 is 4.74 Å². The van der Waals surface area contributed by atoms with Gasteiger partial charge in [-0.25, -0.2) is 0 Å². The predicted molar refractivity (Wildman–Crippen MR) is 102 cm³/mol. The van der Waals surface area contributed by atoms with E-state index in [2.05, 4.69) is 39.3 Å². The summed E-state index contributed by atoms with van der Waals surface area (Å²) in [5.41, 5.74) is 1.06. The molecule has 132 valence electrons. The molecule has 6 heteroatoms. The Labute approximate surface area is 157 Å². The molecular weight excluding hydrogens is 350 g/mol. The van der Waals surface area contributed by atoms with Crippen LogP contribution in [0.15, 0.2) is 17.5 Å². The SMILES string of the molecule is CC(C)C(C#Cc1cccs1)Oc1nsnc1[C@H]1CN2CCC[C@@H]1C2. The first-order chi connectivity index (χ1) is 12.2. The van der Waals surface area contributed by atoms with Crippen molar-refractivity contribution in [2.24, 2.45) is 11.8 Å². The van der Waals surface area contributed by atoms with Crippen LogP contribution in [0, 0.1) is 23.7 Å². The number of hydrogen-bond donors (Lipinski definition) is 0. The molecule has 25 heavy (non-hydrogen) atoms. The number of rotatable bonds is 4. The molecule has 0 radical (unpaired) electrons. The summed E-state index contributed by atoms with van der Waals surface area (Å²) in [6.45, 7) is 7.80. The summed E-state index contributed by atoms with van der Waals surface area (Å²) in [6.07, 6.45) is 2.44. The lowest BCUT2D eigenvalue weighted by Crippen LogP contribution is -2.25. The number of fused-ring (bicyclic) bond motifs is 2.